The summed E-state index contributed by atoms with van der Waals surface area (Å²) >= 11 is 0. The molecule has 9 nitrogen and oxygen atoms in total. The third kappa shape index (κ3) is 4.33. The average molecular weight is 441 g/mol. The number of carbonyl (C=O) groups excluding carboxylic acids is 1. The minimum Gasteiger partial charge on any atom is -0.343 e. The Labute approximate surface area is 189 Å². The van der Waals surface area contributed by atoms with Crippen molar-refractivity contribution in [3.8, 4) is 0 Å². The average Bonchev–Trinajstić information content (AvgIpc) is 3.47. The van der Waals surface area contributed by atoms with Crippen LogP contribution in [0.15, 0.2) is 12.3 Å². The lowest BCUT2D eigenvalue weighted by molar-refractivity contribution is 0.0815. The summed E-state index contributed by atoms with van der Waals surface area (Å²) in [6, 6.07) is 2.90. The van der Waals surface area contributed by atoms with Gasteiger partial charge in [-0.25, -0.2) is 4.98 Å². The largest absolute Gasteiger partial charge is 0.343 e. The maximum atomic E-state index is 12.9. The van der Waals surface area contributed by atoms with Gasteiger partial charge in [-0.05, 0) is 31.7 Å². The number of piperidine rings is 1. The Bertz CT molecular complexity index is 937. The predicted molar refractivity (Wildman–Crippen MR) is 126 cm³/mol. The molecule has 0 aromatic carbocycles. The molecule has 3 fully saturated rings. The lowest BCUT2D eigenvalue weighted by atomic mass is 10.0. The van der Waals surface area contributed by atoms with Gasteiger partial charge in [0.1, 0.15) is 11.3 Å². The molecule has 0 radical (unpaired) electrons. The highest BCUT2D eigenvalue weighted by Crippen LogP contribution is 2.34. The molecule has 1 aliphatic carbocycles. The molecule has 2 aromatic rings. The van der Waals surface area contributed by atoms with E-state index in [1.807, 2.05) is 12.3 Å². The van der Waals surface area contributed by atoms with Crippen LogP contribution in [0.25, 0.3) is 11.0 Å². The third-order valence-corrected chi connectivity index (χ3v) is 7.25. The number of piperazine rings is 1. The fraction of sp³-hybridized carbons (Fsp3) is 0.696. The van der Waals surface area contributed by atoms with Crippen molar-refractivity contribution in [1.82, 2.24) is 35.0 Å². The molecule has 3 aliphatic rings. The Morgan fingerprint density at radius 1 is 1.12 bits per heavy atom. The molecule has 1 saturated carbocycles. The molecule has 5 rings (SSSR count). The van der Waals surface area contributed by atoms with E-state index in [4.69, 9.17) is 4.98 Å². The van der Waals surface area contributed by atoms with E-state index in [1.54, 1.807) is 19.0 Å². The Balaban J connectivity index is 1.33. The zero-order valence-corrected chi connectivity index (χ0v) is 19.3. The maximum Gasteiger partial charge on any atom is 0.270 e. The van der Waals surface area contributed by atoms with Crippen molar-refractivity contribution in [3.63, 3.8) is 0 Å². The maximum absolute atomic E-state index is 12.9. The number of hydrogen-bond acceptors (Lipinski definition) is 7. The van der Waals surface area contributed by atoms with Gasteiger partial charge < -0.3 is 20.1 Å². The summed E-state index contributed by atoms with van der Waals surface area (Å²) < 4.78 is 2.17. The molecule has 32 heavy (non-hydrogen) atoms. The first kappa shape index (κ1) is 21.6. The van der Waals surface area contributed by atoms with Crippen molar-refractivity contribution in [2.75, 3.05) is 52.1 Å². The van der Waals surface area contributed by atoms with E-state index >= 15 is 0 Å². The number of carbonyl (C=O) groups is 1. The molecular formula is C23H36N8O. The van der Waals surface area contributed by atoms with Crippen LogP contribution in [0.4, 0.5) is 5.95 Å². The first-order valence-electron chi connectivity index (χ1n) is 12.1. The van der Waals surface area contributed by atoms with Crippen molar-refractivity contribution in [3.05, 3.63) is 18.0 Å². The molecule has 9 heteroatoms. The van der Waals surface area contributed by atoms with Crippen LogP contribution in [0.2, 0.25) is 0 Å². The Hall–Kier alpha value is -2.23. The van der Waals surface area contributed by atoms with Crippen molar-refractivity contribution < 1.29 is 4.79 Å². The summed E-state index contributed by atoms with van der Waals surface area (Å²) in [6.45, 7) is 5.43. The summed E-state index contributed by atoms with van der Waals surface area (Å²) in [4.78, 5) is 26.6. The van der Waals surface area contributed by atoms with Gasteiger partial charge in [-0.3, -0.25) is 15.0 Å². The molecule has 2 unspecified atom stereocenters. The van der Waals surface area contributed by atoms with Crippen molar-refractivity contribution in [2.45, 2.75) is 56.8 Å². The standard InChI is InChI=1S/C23H36N8O/c1-29(2)22(32)19-13-16-14-26-23(28-21(16)31(19)17-5-3-4-6-17)27-20-8-7-18(15-25-20)30-11-9-24-10-12-30/h13-14,17-18,20,24-25H,3-12,15H2,1-2H3,(H,26,27,28). The molecule has 0 bridgehead atoms. The van der Waals surface area contributed by atoms with Gasteiger partial charge in [0.15, 0.2) is 0 Å². The molecule has 2 saturated heterocycles. The van der Waals surface area contributed by atoms with Crippen LogP contribution in [0, 0.1) is 0 Å². The second-order valence-electron chi connectivity index (χ2n) is 9.63. The van der Waals surface area contributed by atoms with Crippen molar-refractivity contribution in [1.29, 1.82) is 0 Å². The Kier molecular flexibility index (Phi) is 6.30. The number of nitrogens with one attached hydrogen (secondary N) is 3. The zero-order valence-electron chi connectivity index (χ0n) is 19.3. The zero-order chi connectivity index (χ0) is 22.1. The molecular weight excluding hydrogens is 404 g/mol. The molecule has 4 heterocycles. The van der Waals surface area contributed by atoms with Crippen molar-refractivity contribution in [2.24, 2.45) is 0 Å². The lowest BCUT2D eigenvalue weighted by Crippen LogP contribution is -2.56. The normalized spacial score (nSPS) is 25.3. The second kappa shape index (κ2) is 9.33. The fourth-order valence-corrected chi connectivity index (χ4v) is 5.48. The van der Waals surface area contributed by atoms with Gasteiger partial charge in [-0.2, -0.15) is 4.98 Å². The molecule has 3 N–H and O–H groups in total. The van der Waals surface area contributed by atoms with Crippen LogP contribution < -0.4 is 16.0 Å². The summed E-state index contributed by atoms with van der Waals surface area (Å²) in [7, 11) is 3.61. The van der Waals surface area contributed by atoms with Gasteiger partial charge in [0, 0.05) is 70.5 Å². The van der Waals surface area contributed by atoms with Crippen LogP contribution in [-0.2, 0) is 0 Å². The van der Waals surface area contributed by atoms with Gasteiger partial charge in [0.05, 0.1) is 6.17 Å². The summed E-state index contributed by atoms with van der Waals surface area (Å²) in [5, 5.41) is 11.5. The lowest BCUT2D eigenvalue weighted by Gasteiger charge is -2.39. The Morgan fingerprint density at radius 3 is 2.59 bits per heavy atom. The fourth-order valence-electron chi connectivity index (χ4n) is 5.48. The highest BCUT2D eigenvalue weighted by atomic mass is 16.2. The van der Waals surface area contributed by atoms with Crippen LogP contribution in [-0.4, -0.2) is 89.3 Å². The highest BCUT2D eigenvalue weighted by Gasteiger charge is 2.28. The van der Waals surface area contributed by atoms with Gasteiger partial charge in [-0.1, -0.05) is 12.8 Å². The summed E-state index contributed by atoms with van der Waals surface area (Å²) in [5.74, 6) is 0.661. The second-order valence-corrected chi connectivity index (χ2v) is 9.63. The van der Waals surface area contributed by atoms with E-state index in [0.29, 0.717) is 18.0 Å². The number of aromatic nitrogens is 3. The number of fused-ring (bicyclic) bond motifs is 1. The van der Waals surface area contributed by atoms with Crippen LogP contribution in [0.3, 0.4) is 0 Å². The van der Waals surface area contributed by atoms with Crippen LogP contribution in [0.5, 0.6) is 0 Å². The third-order valence-electron chi connectivity index (χ3n) is 7.25. The molecule has 1 amide bonds. The predicted octanol–water partition coefficient (Wildman–Crippen LogP) is 1.64. The van der Waals surface area contributed by atoms with E-state index in [-0.39, 0.29) is 12.1 Å². The molecule has 174 valence electrons. The number of amides is 1. The highest BCUT2D eigenvalue weighted by molar-refractivity contribution is 5.97. The van der Waals surface area contributed by atoms with Gasteiger partial charge in [-0.15, -0.1) is 0 Å². The summed E-state index contributed by atoms with van der Waals surface area (Å²) in [5.41, 5.74) is 1.59. The quantitative estimate of drug-likeness (QED) is 0.651. The molecule has 0 spiro atoms. The van der Waals surface area contributed by atoms with E-state index in [2.05, 4.69) is 30.4 Å². The minimum atomic E-state index is 0.0253. The molecule has 2 aliphatic heterocycles. The van der Waals surface area contributed by atoms with E-state index in [9.17, 15) is 4.79 Å². The topological polar surface area (TPSA) is 90.3 Å². The van der Waals surface area contributed by atoms with E-state index < -0.39 is 0 Å². The van der Waals surface area contributed by atoms with Crippen LogP contribution >= 0.6 is 0 Å². The number of nitrogens with zero attached hydrogens (tertiary/aromatic N) is 5. The van der Waals surface area contributed by atoms with Gasteiger partial charge >= 0.3 is 0 Å². The first-order chi connectivity index (χ1) is 15.6. The molecule has 2 aromatic heterocycles. The van der Waals surface area contributed by atoms with Crippen LogP contribution in [0.1, 0.15) is 55.1 Å². The minimum absolute atomic E-state index is 0.0253. The number of anilines is 1. The smallest absolute Gasteiger partial charge is 0.270 e. The van der Waals surface area contributed by atoms with E-state index in [0.717, 1.165) is 68.7 Å². The first-order valence-corrected chi connectivity index (χ1v) is 12.1. The van der Waals surface area contributed by atoms with Gasteiger partial charge in [0.2, 0.25) is 5.95 Å². The van der Waals surface area contributed by atoms with Crippen molar-refractivity contribution >= 4 is 22.9 Å². The summed E-state index contributed by atoms with van der Waals surface area (Å²) in [6.07, 6.45) is 8.85. The number of rotatable bonds is 5. The van der Waals surface area contributed by atoms with E-state index in [1.165, 1.54) is 19.3 Å². The number of hydrogen-bond donors (Lipinski definition) is 3. The molecule has 2 atom stereocenters. The monoisotopic (exact) mass is 440 g/mol. The SMILES string of the molecule is CN(C)C(=O)c1cc2cnc(NC3CCC(N4CCNCC4)CN3)nc2n1C1CCCC1. The van der Waals surface area contributed by atoms with Gasteiger partial charge in [0.25, 0.3) is 5.91 Å². The Morgan fingerprint density at radius 2 is 1.91 bits per heavy atom.